The van der Waals surface area contributed by atoms with Gasteiger partial charge in [-0.05, 0) is 46.3 Å². The predicted octanol–water partition coefficient (Wildman–Crippen LogP) is 3.73. The molecule has 1 atom stereocenters. The number of ether oxygens (including phenoxy) is 1. The van der Waals surface area contributed by atoms with Crippen molar-refractivity contribution in [3.05, 3.63) is 50.9 Å². The first-order valence-corrected chi connectivity index (χ1v) is 6.72. The summed E-state index contributed by atoms with van der Waals surface area (Å²) in [6, 6.07) is 7.91. The molecule has 1 unspecified atom stereocenters. The predicted molar refractivity (Wildman–Crippen MR) is 70.8 cm³/mol. The van der Waals surface area contributed by atoms with E-state index in [0.29, 0.717) is 12.3 Å². The fourth-order valence-electron chi connectivity index (χ4n) is 1.40. The van der Waals surface area contributed by atoms with Crippen LogP contribution in [0.5, 0.6) is 5.75 Å². The van der Waals surface area contributed by atoms with Crippen molar-refractivity contribution in [3.63, 3.8) is 0 Å². The second kappa shape index (κ2) is 5.62. The summed E-state index contributed by atoms with van der Waals surface area (Å²) in [4.78, 5) is 1.05. The van der Waals surface area contributed by atoms with Gasteiger partial charge in [-0.3, -0.25) is 0 Å². The Morgan fingerprint density at radius 2 is 2.06 bits per heavy atom. The summed E-state index contributed by atoms with van der Waals surface area (Å²) in [5, 5.41) is 1.98. The Labute approximate surface area is 111 Å². The molecule has 90 valence electrons. The zero-order valence-corrected chi connectivity index (χ0v) is 11.3. The summed E-state index contributed by atoms with van der Waals surface area (Å²) < 4.78 is 19.5. The normalized spacial score (nSPS) is 12.4. The first-order chi connectivity index (χ1) is 8.19. The summed E-state index contributed by atoms with van der Waals surface area (Å²) in [5.41, 5.74) is 5.68. The SMILES string of the molecule is NCC(Oc1ccc(F)cc1)c1cc(Br)cs1. The maximum Gasteiger partial charge on any atom is 0.145 e. The van der Waals surface area contributed by atoms with Gasteiger partial charge in [-0.2, -0.15) is 0 Å². The smallest absolute Gasteiger partial charge is 0.145 e. The van der Waals surface area contributed by atoms with E-state index in [4.69, 9.17) is 10.5 Å². The molecule has 1 heterocycles. The van der Waals surface area contributed by atoms with Gasteiger partial charge in [0.05, 0.1) is 0 Å². The molecule has 0 radical (unpaired) electrons. The van der Waals surface area contributed by atoms with Crippen molar-refractivity contribution in [2.75, 3.05) is 6.54 Å². The third-order valence-corrected chi connectivity index (χ3v) is 4.00. The first-order valence-electron chi connectivity index (χ1n) is 5.05. The van der Waals surface area contributed by atoms with Gasteiger partial charge in [0.1, 0.15) is 17.7 Å². The number of hydrogen-bond donors (Lipinski definition) is 1. The average Bonchev–Trinajstić information content (AvgIpc) is 2.75. The average molecular weight is 316 g/mol. The number of nitrogens with two attached hydrogens (primary N) is 1. The lowest BCUT2D eigenvalue weighted by atomic mass is 10.3. The molecule has 0 amide bonds. The largest absolute Gasteiger partial charge is 0.484 e. The molecule has 0 bridgehead atoms. The van der Waals surface area contributed by atoms with Crippen molar-refractivity contribution < 1.29 is 9.13 Å². The summed E-state index contributed by atoms with van der Waals surface area (Å²) in [6.07, 6.45) is -0.197. The summed E-state index contributed by atoms with van der Waals surface area (Å²) in [7, 11) is 0. The topological polar surface area (TPSA) is 35.2 Å². The van der Waals surface area contributed by atoms with E-state index in [1.807, 2.05) is 11.4 Å². The van der Waals surface area contributed by atoms with Crippen LogP contribution < -0.4 is 10.5 Å². The molecule has 2 N–H and O–H groups in total. The summed E-state index contributed by atoms with van der Waals surface area (Å²) in [5.74, 6) is 0.340. The van der Waals surface area contributed by atoms with E-state index in [1.165, 1.54) is 12.1 Å². The number of rotatable bonds is 4. The highest BCUT2D eigenvalue weighted by Gasteiger charge is 2.13. The molecule has 5 heteroatoms. The van der Waals surface area contributed by atoms with Crippen molar-refractivity contribution in [2.45, 2.75) is 6.10 Å². The molecule has 0 aliphatic carbocycles. The van der Waals surface area contributed by atoms with Gasteiger partial charge in [0, 0.05) is 21.3 Å². The second-order valence-electron chi connectivity index (χ2n) is 3.46. The van der Waals surface area contributed by atoms with Gasteiger partial charge in [0.25, 0.3) is 0 Å². The fraction of sp³-hybridized carbons (Fsp3) is 0.167. The van der Waals surface area contributed by atoms with Crippen LogP contribution in [0.1, 0.15) is 11.0 Å². The van der Waals surface area contributed by atoms with Crippen LogP contribution in [0.25, 0.3) is 0 Å². The zero-order valence-electron chi connectivity index (χ0n) is 8.90. The van der Waals surface area contributed by atoms with E-state index in [-0.39, 0.29) is 11.9 Å². The molecule has 2 rings (SSSR count). The maximum absolute atomic E-state index is 12.7. The van der Waals surface area contributed by atoms with Gasteiger partial charge in [0.15, 0.2) is 0 Å². The summed E-state index contributed by atoms with van der Waals surface area (Å²) in [6.45, 7) is 0.379. The first kappa shape index (κ1) is 12.5. The van der Waals surface area contributed by atoms with Gasteiger partial charge in [-0.1, -0.05) is 0 Å². The minimum absolute atomic E-state index is 0.197. The Morgan fingerprint density at radius 3 is 2.59 bits per heavy atom. The number of thiophene rings is 1. The van der Waals surface area contributed by atoms with E-state index < -0.39 is 0 Å². The molecule has 2 nitrogen and oxygen atoms in total. The Balaban J connectivity index is 2.12. The molecular weight excluding hydrogens is 305 g/mol. The molecular formula is C12H11BrFNOS. The van der Waals surface area contributed by atoms with Gasteiger partial charge >= 0.3 is 0 Å². The lowest BCUT2D eigenvalue weighted by molar-refractivity contribution is 0.218. The minimum Gasteiger partial charge on any atom is -0.484 e. The van der Waals surface area contributed by atoms with Gasteiger partial charge in [-0.25, -0.2) is 4.39 Å². The molecule has 0 spiro atoms. The van der Waals surface area contributed by atoms with Crippen LogP contribution in [0.4, 0.5) is 4.39 Å². The van der Waals surface area contributed by atoms with Crippen molar-refractivity contribution >= 4 is 27.3 Å². The van der Waals surface area contributed by atoms with Gasteiger partial charge in [-0.15, -0.1) is 11.3 Å². The Hall–Kier alpha value is -0.910. The van der Waals surface area contributed by atoms with Crippen LogP contribution in [0.3, 0.4) is 0 Å². The van der Waals surface area contributed by atoms with E-state index in [0.717, 1.165) is 9.35 Å². The molecule has 0 saturated carbocycles. The van der Waals surface area contributed by atoms with Gasteiger partial charge < -0.3 is 10.5 Å². The Bertz CT molecular complexity index is 486. The van der Waals surface area contributed by atoms with Crippen molar-refractivity contribution in [1.82, 2.24) is 0 Å². The Morgan fingerprint density at radius 1 is 1.35 bits per heavy atom. The van der Waals surface area contributed by atoms with Crippen LogP contribution in [0.2, 0.25) is 0 Å². The molecule has 17 heavy (non-hydrogen) atoms. The summed E-state index contributed by atoms with van der Waals surface area (Å²) >= 11 is 4.97. The lowest BCUT2D eigenvalue weighted by Gasteiger charge is -2.15. The minimum atomic E-state index is -0.277. The molecule has 0 aliphatic heterocycles. The third-order valence-electron chi connectivity index (χ3n) is 2.21. The van der Waals surface area contributed by atoms with E-state index in [2.05, 4.69) is 15.9 Å². The molecule has 2 aromatic rings. The molecule has 1 aromatic heterocycles. The molecule has 1 aromatic carbocycles. The molecule has 0 saturated heterocycles. The van der Waals surface area contributed by atoms with E-state index in [9.17, 15) is 4.39 Å². The van der Waals surface area contributed by atoms with Crippen LogP contribution in [-0.2, 0) is 0 Å². The van der Waals surface area contributed by atoms with Crippen LogP contribution in [0.15, 0.2) is 40.2 Å². The number of benzene rings is 1. The van der Waals surface area contributed by atoms with Crippen LogP contribution in [0, 0.1) is 5.82 Å². The van der Waals surface area contributed by atoms with Crippen molar-refractivity contribution in [2.24, 2.45) is 5.73 Å². The number of hydrogen-bond acceptors (Lipinski definition) is 3. The highest BCUT2D eigenvalue weighted by molar-refractivity contribution is 9.10. The fourth-order valence-corrected chi connectivity index (χ4v) is 2.88. The third kappa shape index (κ3) is 3.28. The van der Waals surface area contributed by atoms with Crippen LogP contribution >= 0.6 is 27.3 Å². The maximum atomic E-state index is 12.7. The molecule has 0 aliphatic rings. The standard InChI is InChI=1S/C12H11BrFNOS/c13-8-5-12(17-7-8)11(6-15)16-10-3-1-9(14)2-4-10/h1-5,7,11H,6,15H2. The second-order valence-corrected chi connectivity index (χ2v) is 5.32. The van der Waals surface area contributed by atoms with Crippen molar-refractivity contribution in [1.29, 1.82) is 0 Å². The number of halogens is 2. The van der Waals surface area contributed by atoms with Crippen molar-refractivity contribution in [3.8, 4) is 5.75 Å². The van der Waals surface area contributed by atoms with Crippen LogP contribution in [-0.4, -0.2) is 6.54 Å². The zero-order chi connectivity index (χ0) is 12.3. The Kier molecular flexibility index (Phi) is 4.15. The molecule has 0 fully saturated rings. The lowest BCUT2D eigenvalue weighted by Crippen LogP contribution is -2.17. The quantitative estimate of drug-likeness (QED) is 0.933. The monoisotopic (exact) mass is 315 g/mol. The van der Waals surface area contributed by atoms with E-state index in [1.54, 1.807) is 23.5 Å². The van der Waals surface area contributed by atoms with E-state index >= 15 is 0 Å². The van der Waals surface area contributed by atoms with Gasteiger partial charge in [0.2, 0.25) is 0 Å². The highest BCUT2D eigenvalue weighted by atomic mass is 79.9. The highest BCUT2D eigenvalue weighted by Crippen LogP contribution is 2.28.